The predicted octanol–water partition coefficient (Wildman–Crippen LogP) is 4.46. The third-order valence-corrected chi connectivity index (χ3v) is 11.3. The van der Waals surface area contributed by atoms with E-state index in [1.165, 1.54) is 5.57 Å². The summed E-state index contributed by atoms with van der Waals surface area (Å²) in [6.07, 6.45) is 9.42. The van der Waals surface area contributed by atoms with Crippen molar-refractivity contribution in [2.45, 2.75) is 94.7 Å². The molecule has 5 heteroatoms. The number of ketones is 1. The second-order valence-corrected chi connectivity index (χ2v) is 12.3. The summed E-state index contributed by atoms with van der Waals surface area (Å²) >= 11 is 2.06. The molecule has 29 heavy (non-hydrogen) atoms. The Morgan fingerprint density at radius 1 is 1.17 bits per heavy atom. The van der Waals surface area contributed by atoms with E-state index in [1.54, 1.807) is 0 Å². The van der Waals surface area contributed by atoms with Crippen molar-refractivity contribution in [1.29, 1.82) is 0 Å². The highest BCUT2D eigenvalue weighted by Crippen LogP contribution is 2.78. The van der Waals surface area contributed by atoms with Gasteiger partial charge < -0.3 is 9.47 Å². The van der Waals surface area contributed by atoms with Gasteiger partial charge in [-0.05, 0) is 56.3 Å². The van der Waals surface area contributed by atoms with Gasteiger partial charge in [0.25, 0.3) is 0 Å². The van der Waals surface area contributed by atoms with Crippen LogP contribution in [0.1, 0.15) is 72.1 Å². The van der Waals surface area contributed by atoms with Crippen LogP contribution in [0, 0.1) is 22.7 Å². The Morgan fingerprint density at radius 2 is 2.00 bits per heavy atom. The molecule has 158 valence electrons. The maximum Gasteiger partial charge on any atom is 0.306 e. The van der Waals surface area contributed by atoms with Crippen molar-refractivity contribution in [2.75, 3.05) is 5.75 Å². The first-order valence-electron chi connectivity index (χ1n) is 11.5. The first kappa shape index (κ1) is 18.9. The van der Waals surface area contributed by atoms with Gasteiger partial charge in [0.15, 0.2) is 5.78 Å². The number of carbonyl (C=O) groups excluding carboxylic acids is 2. The zero-order valence-electron chi connectivity index (χ0n) is 17.8. The summed E-state index contributed by atoms with van der Waals surface area (Å²) < 4.78 is 12.9. The Balaban J connectivity index is 1.46. The summed E-state index contributed by atoms with van der Waals surface area (Å²) in [6, 6.07) is 0. The Kier molecular flexibility index (Phi) is 3.72. The molecular formula is C24H32O4S. The summed E-state index contributed by atoms with van der Waals surface area (Å²) in [5.41, 5.74) is 0.978. The molecule has 2 saturated heterocycles. The second-order valence-electron chi connectivity index (χ2n) is 10.8. The Labute approximate surface area is 177 Å². The van der Waals surface area contributed by atoms with E-state index in [4.69, 9.17) is 9.47 Å². The molecule has 4 nitrogen and oxygen atoms in total. The summed E-state index contributed by atoms with van der Waals surface area (Å²) in [7, 11) is 0. The number of ether oxygens (including phenoxy) is 2. The van der Waals surface area contributed by atoms with Crippen molar-refractivity contribution in [1.82, 2.24) is 0 Å². The molecule has 2 aliphatic heterocycles. The van der Waals surface area contributed by atoms with Gasteiger partial charge in [-0.2, -0.15) is 11.8 Å². The van der Waals surface area contributed by atoms with Gasteiger partial charge in [0.2, 0.25) is 0 Å². The lowest BCUT2D eigenvalue weighted by Crippen LogP contribution is -2.63. The molecule has 0 bridgehead atoms. The second kappa shape index (κ2) is 5.70. The van der Waals surface area contributed by atoms with Gasteiger partial charge in [0.1, 0.15) is 11.2 Å². The maximum atomic E-state index is 12.3. The summed E-state index contributed by atoms with van der Waals surface area (Å²) in [5, 5.41) is 0.493. The van der Waals surface area contributed by atoms with Crippen molar-refractivity contribution in [3.63, 3.8) is 0 Å². The van der Waals surface area contributed by atoms with Gasteiger partial charge in [-0.1, -0.05) is 26.3 Å². The molecule has 4 aliphatic carbocycles. The van der Waals surface area contributed by atoms with Crippen LogP contribution in [0.25, 0.3) is 0 Å². The number of thioether (sulfide) groups is 1. The van der Waals surface area contributed by atoms with Crippen LogP contribution in [0.15, 0.2) is 11.6 Å². The zero-order valence-corrected chi connectivity index (χ0v) is 18.6. The summed E-state index contributed by atoms with van der Waals surface area (Å²) in [5.74, 6) is 2.40. The van der Waals surface area contributed by atoms with Crippen molar-refractivity contribution in [3.8, 4) is 0 Å². The van der Waals surface area contributed by atoms with Gasteiger partial charge in [-0.3, -0.25) is 9.59 Å². The van der Waals surface area contributed by atoms with Crippen molar-refractivity contribution in [3.05, 3.63) is 11.6 Å². The number of esters is 1. The van der Waals surface area contributed by atoms with E-state index in [0.717, 1.165) is 44.3 Å². The highest BCUT2D eigenvalue weighted by atomic mass is 32.2. The van der Waals surface area contributed by atoms with Crippen LogP contribution in [0.5, 0.6) is 0 Å². The quantitative estimate of drug-likeness (QED) is 0.491. The van der Waals surface area contributed by atoms with Gasteiger partial charge in [-0.25, -0.2) is 0 Å². The lowest BCUT2D eigenvalue weighted by molar-refractivity contribution is -0.164. The molecule has 5 fully saturated rings. The lowest BCUT2D eigenvalue weighted by Gasteiger charge is -2.59. The van der Waals surface area contributed by atoms with E-state index in [0.29, 0.717) is 35.7 Å². The molecule has 3 saturated carbocycles. The van der Waals surface area contributed by atoms with Crippen LogP contribution < -0.4 is 0 Å². The molecule has 2 heterocycles. The van der Waals surface area contributed by atoms with Crippen molar-refractivity contribution < 1.29 is 19.1 Å². The number of epoxide rings is 1. The number of rotatable bonds is 2. The smallest absolute Gasteiger partial charge is 0.306 e. The molecular weight excluding hydrogens is 384 g/mol. The van der Waals surface area contributed by atoms with Crippen molar-refractivity contribution in [2.24, 2.45) is 22.7 Å². The standard InChI is InChI=1S/C24H32O4S/c1-4-29-17-12-14-11-15(25)5-8-21(14,2)24-18(27-24)13-22(3)16(20(17)24)6-9-23(22)10-7-19(26)28-23/h11,16-18,20H,4-10,12-13H2,1-3H3/t16?,17?,18-,20?,21-,22-,23+,24?/m0/s1. The summed E-state index contributed by atoms with van der Waals surface area (Å²) in [6.45, 7) is 7.03. The van der Waals surface area contributed by atoms with Gasteiger partial charge >= 0.3 is 5.97 Å². The minimum absolute atomic E-state index is 0.00784. The van der Waals surface area contributed by atoms with E-state index >= 15 is 0 Å². The average Bonchev–Trinajstić information content (AvgIpc) is 3.16. The average molecular weight is 417 g/mol. The molecule has 0 aromatic rings. The SMILES string of the molecule is CCSC1CC2=CC(=O)CC[C@]2(C)C23O[C@H]2C[C@@]2(C)C(CC[C@@]24CCC(=O)O4)C13. The van der Waals surface area contributed by atoms with Crippen LogP contribution in [0.3, 0.4) is 0 Å². The Morgan fingerprint density at radius 3 is 2.72 bits per heavy atom. The lowest BCUT2D eigenvalue weighted by atomic mass is 9.46. The fourth-order valence-corrected chi connectivity index (χ4v) is 9.94. The third-order valence-electron chi connectivity index (χ3n) is 10.0. The number of hydrogen-bond acceptors (Lipinski definition) is 5. The first-order chi connectivity index (χ1) is 13.8. The molecule has 6 rings (SSSR count). The molecule has 6 aliphatic rings. The third kappa shape index (κ3) is 2.07. The minimum atomic E-state index is -0.270. The van der Waals surface area contributed by atoms with Crippen LogP contribution in [-0.2, 0) is 19.1 Å². The normalized spacial score (nSPS) is 54.9. The minimum Gasteiger partial charge on any atom is -0.458 e. The first-order valence-corrected chi connectivity index (χ1v) is 12.6. The molecule has 4 unspecified atom stereocenters. The number of hydrogen-bond donors (Lipinski definition) is 0. The predicted molar refractivity (Wildman–Crippen MR) is 112 cm³/mol. The fraction of sp³-hybridized carbons (Fsp3) is 0.833. The van der Waals surface area contributed by atoms with Gasteiger partial charge in [0.05, 0.1) is 6.10 Å². The van der Waals surface area contributed by atoms with E-state index in [9.17, 15) is 9.59 Å². The number of carbonyl (C=O) groups is 2. The van der Waals surface area contributed by atoms with Gasteiger partial charge in [-0.15, -0.1) is 0 Å². The Hall–Kier alpha value is -0.810. The topological polar surface area (TPSA) is 55.9 Å². The molecule has 0 radical (unpaired) electrons. The van der Waals surface area contributed by atoms with E-state index in [2.05, 4.69) is 32.5 Å². The zero-order chi connectivity index (χ0) is 20.2. The summed E-state index contributed by atoms with van der Waals surface area (Å²) in [4.78, 5) is 24.4. The molecule has 0 aromatic heterocycles. The van der Waals surface area contributed by atoms with E-state index in [-0.39, 0.29) is 34.1 Å². The number of fused-ring (bicyclic) bond motifs is 4. The van der Waals surface area contributed by atoms with E-state index < -0.39 is 0 Å². The molecule has 0 N–H and O–H groups in total. The fourth-order valence-electron chi connectivity index (χ4n) is 8.62. The van der Waals surface area contributed by atoms with Crippen LogP contribution in [0.4, 0.5) is 0 Å². The van der Waals surface area contributed by atoms with E-state index in [1.807, 2.05) is 6.08 Å². The van der Waals surface area contributed by atoms with Gasteiger partial charge in [0, 0.05) is 34.8 Å². The highest BCUT2D eigenvalue weighted by Gasteiger charge is 2.82. The molecule has 2 spiro atoms. The molecule has 0 aromatic carbocycles. The Bertz CT molecular complexity index is 837. The largest absolute Gasteiger partial charge is 0.458 e. The monoisotopic (exact) mass is 416 g/mol. The van der Waals surface area contributed by atoms with Crippen LogP contribution in [0.2, 0.25) is 0 Å². The maximum absolute atomic E-state index is 12.3. The highest BCUT2D eigenvalue weighted by molar-refractivity contribution is 7.99. The molecule has 0 amide bonds. The van der Waals surface area contributed by atoms with Crippen LogP contribution in [-0.4, -0.2) is 40.1 Å². The molecule has 8 atom stereocenters. The van der Waals surface area contributed by atoms with Crippen LogP contribution >= 0.6 is 11.8 Å². The van der Waals surface area contributed by atoms with Crippen molar-refractivity contribution >= 4 is 23.5 Å².